The van der Waals surface area contributed by atoms with Crippen molar-refractivity contribution in [2.45, 2.75) is 44.6 Å². The fourth-order valence-corrected chi connectivity index (χ4v) is 2.57. The highest BCUT2D eigenvalue weighted by atomic mass is 19.2. The number of hydrogen-bond donors (Lipinski definition) is 1. The first kappa shape index (κ1) is 14.8. The van der Waals surface area contributed by atoms with Gasteiger partial charge in [-0.3, -0.25) is 0 Å². The van der Waals surface area contributed by atoms with Gasteiger partial charge in [0.15, 0.2) is 11.6 Å². The molecule has 1 fully saturated rings. The van der Waals surface area contributed by atoms with E-state index in [-0.39, 0.29) is 17.3 Å². The molecule has 1 aliphatic rings. The van der Waals surface area contributed by atoms with E-state index in [0.29, 0.717) is 0 Å². The van der Waals surface area contributed by atoms with Crippen LogP contribution in [0.4, 0.5) is 14.5 Å². The maximum atomic E-state index is 14.0. The van der Waals surface area contributed by atoms with Crippen LogP contribution < -0.4 is 5.32 Å². The van der Waals surface area contributed by atoms with Gasteiger partial charge in [0.1, 0.15) is 0 Å². The van der Waals surface area contributed by atoms with E-state index in [1.165, 1.54) is 25.0 Å². The molecular weight excluding hydrogens is 264 g/mol. The molecule has 0 saturated heterocycles. The van der Waals surface area contributed by atoms with Gasteiger partial charge in [-0.2, -0.15) is 0 Å². The van der Waals surface area contributed by atoms with Crippen LogP contribution in [0.2, 0.25) is 0 Å². The predicted molar refractivity (Wildman–Crippen MR) is 72.8 cm³/mol. The molecule has 3 nitrogen and oxygen atoms in total. The number of halogens is 2. The summed E-state index contributed by atoms with van der Waals surface area (Å²) in [7, 11) is 1.14. The van der Waals surface area contributed by atoms with Gasteiger partial charge in [-0.15, -0.1) is 0 Å². The number of esters is 1. The quantitative estimate of drug-likeness (QED) is 0.675. The molecule has 0 radical (unpaired) electrons. The zero-order valence-corrected chi connectivity index (χ0v) is 11.5. The van der Waals surface area contributed by atoms with Crippen molar-refractivity contribution >= 4 is 11.7 Å². The number of hydrogen-bond acceptors (Lipinski definition) is 3. The minimum atomic E-state index is -1.16. The van der Waals surface area contributed by atoms with Crippen molar-refractivity contribution in [2.24, 2.45) is 0 Å². The number of methoxy groups -OCH3 is 1. The largest absolute Gasteiger partial charge is 0.465 e. The molecule has 0 unspecified atom stereocenters. The van der Waals surface area contributed by atoms with Crippen LogP contribution in [0.15, 0.2) is 12.1 Å². The molecule has 0 aliphatic heterocycles. The monoisotopic (exact) mass is 283 g/mol. The van der Waals surface area contributed by atoms with E-state index in [1.54, 1.807) is 0 Å². The first-order valence-corrected chi connectivity index (χ1v) is 6.96. The Labute approximate surface area is 117 Å². The van der Waals surface area contributed by atoms with E-state index in [0.717, 1.165) is 32.8 Å². The molecule has 5 heteroatoms. The lowest BCUT2D eigenvalue weighted by atomic mass is 10.1. The second-order valence-electron chi connectivity index (χ2n) is 5.11. The third-order valence-corrected chi connectivity index (χ3v) is 3.70. The van der Waals surface area contributed by atoms with Crippen molar-refractivity contribution in [2.75, 3.05) is 12.4 Å². The van der Waals surface area contributed by atoms with Crippen LogP contribution in [0.25, 0.3) is 0 Å². The van der Waals surface area contributed by atoms with Crippen LogP contribution in [0.5, 0.6) is 0 Å². The van der Waals surface area contributed by atoms with Crippen LogP contribution in [0.1, 0.15) is 48.9 Å². The maximum absolute atomic E-state index is 14.0. The lowest BCUT2D eigenvalue weighted by Gasteiger charge is -2.18. The Balaban J connectivity index is 2.16. The highest BCUT2D eigenvalue weighted by Gasteiger charge is 2.21. The van der Waals surface area contributed by atoms with Crippen LogP contribution in [0, 0.1) is 11.6 Å². The first-order valence-electron chi connectivity index (χ1n) is 6.96. The Morgan fingerprint density at radius 3 is 2.40 bits per heavy atom. The van der Waals surface area contributed by atoms with Crippen LogP contribution in [0.3, 0.4) is 0 Å². The molecule has 1 aliphatic carbocycles. The van der Waals surface area contributed by atoms with Gasteiger partial charge in [0.2, 0.25) is 0 Å². The summed E-state index contributed by atoms with van der Waals surface area (Å²) in [5.41, 5.74) is -0.265. The van der Waals surface area contributed by atoms with E-state index < -0.39 is 17.6 Å². The van der Waals surface area contributed by atoms with Gasteiger partial charge in [-0.1, -0.05) is 25.7 Å². The third kappa shape index (κ3) is 3.26. The predicted octanol–water partition coefficient (Wildman–Crippen LogP) is 3.89. The van der Waals surface area contributed by atoms with Gasteiger partial charge in [-0.05, 0) is 25.0 Å². The second-order valence-corrected chi connectivity index (χ2v) is 5.11. The van der Waals surface area contributed by atoms with Gasteiger partial charge in [0.05, 0.1) is 18.4 Å². The Bertz CT molecular complexity index is 483. The Kier molecular flexibility index (Phi) is 4.93. The molecule has 0 atom stereocenters. The summed E-state index contributed by atoms with van der Waals surface area (Å²) in [6.45, 7) is 0. The SMILES string of the molecule is COC(=O)c1ccc(NC2CCCCCC2)c(F)c1F. The van der Waals surface area contributed by atoms with E-state index >= 15 is 0 Å². The third-order valence-electron chi connectivity index (χ3n) is 3.70. The second kappa shape index (κ2) is 6.68. The summed E-state index contributed by atoms with van der Waals surface area (Å²) in [6.07, 6.45) is 6.50. The minimum absolute atomic E-state index is 0.113. The average Bonchev–Trinajstić information content (AvgIpc) is 2.72. The fourth-order valence-electron chi connectivity index (χ4n) is 2.57. The lowest BCUT2D eigenvalue weighted by molar-refractivity contribution is 0.0594. The number of benzene rings is 1. The molecule has 20 heavy (non-hydrogen) atoms. The van der Waals surface area contributed by atoms with E-state index in [4.69, 9.17) is 0 Å². The molecule has 0 heterocycles. The normalized spacial score (nSPS) is 16.6. The summed E-state index contributed by atoms with van der Waals surface area (Å²) in [6, 6.07) is 2.81. The summed E-state index contributed by atoms with van der Waals surface area (Å²) in [4.78, 5) is 11.3. The molecule has 0 amide bonds. The molecule has 1 N–H and O–H groups in total. The smallest absolute Gasteiger partial charge is 0.340 e. The van der Waals surface area contributed by atoms with Gasteiger partial charge in [0, 0.05) is 6.04 Å². The van der Waals surface area contributed by atoms with E-state index in [2.05, 4.69) is 10.1 Å². The van der Waals surface area contributed by atoms with Crippen molar-refractivity contribution in [3.63, 3.8) is 0 Å². The molecule has 1 saturated carbocycles. The number of ether oxygens (including phenoxy) is 1. The van der Waals surface area contributed by atoms with Crippen molar-refractivity contribution < 1.29 is 18.3 Å². The topological polar surface area (TPSA) is 38.3 Å². The summed E-state index contributed by atoms with van der Waals surface area (Å²) >= 11 is 0. The van der Waals surface area contributed by atoms with E-state index in [9.17, 15) is 13.6 Å². The van der Waals surface area contributed by atoms with Gasteiger partial charge >= 0.3 is 5.97 Å². The van der Waals surface area contributed by atoms with E-state index in [1.807, 2.05) is 0 Å². The standard InChI is InChI=1S/C15H19F2NO2/c1-20-15(19)11-8-9-12(14(17)13(11)16)18-10-6-4-2-3-5-7-10/h8-10,18H,2-7H2,1H3. The number of carbonyl (C=O) groups excluding carboxylic acids is 1. The molecule has 110 valence electrons. The summed E-state index contributed by atoms with van der Waals surface area (Å²) < 4.78 is 32.2. The van der Waals surface area contributed by atoms with Crippen LogP contribution in [-0.2, 0) is 4.74 Å². The van der Waals surface area contributed by atoms with Crippen molar-refractivity contribution in [3.8, 4) is 0 Å². The summed E-state index contributed by atoms with van der Waals surface area (Å²) in [5, 5.41) is 3.05. The summed E-state index contributed by atoms with van der Waals surface area (Å²) in [5.74, 6) is -3.05. The zero-order chi connectivity index (χ0) is 14.5. The van der Waals surface area contributed by atoms with Gasteiger partial charge in [-0.25, -0.2) is 13.6 Å². The Morgan fingerprint density at radius 2 is 1.80 bits per heavy atom. The highest BCUT2D eigenvalue weighted by Crippen LogP contribution is 2.25. The molecule has 0 aromatic heterocycles. The van der Waals surface area contributed by atoms with Crippen molar-refractivity contribution in [1.82, 2.24) is 0 Å². The van der Waals surface area contributed by atoms with Crippen LogP contribution >= 0.6 is 0 Å². The average molecular weight is 283 g/mol. The highest BCUT2D eigenvalue weighted by molar-refractivity contribution is 5.90. The molecule has 0 spiro atoms. The lowest BCUT2D eigenvalue weighted by Crippen LogP contribution is -2.20. The Morgan fingerprint density at radius 1 is 1.15 bits per heavy atom. The zero-order valence-electron chi connectivity index (χ0n) is 11.5. The van der Waals surface area contributed by atoms with Crippen LogP contribution in [-0.4, -0.2) is 19.1 Å². The number of carbonyl (C=O) groups is 1. The van der Waals surface area contributed by atoms with Gasteiger partial charge in [0.25, 0.3) is 0 Å². The van der Waals surface area contributed by atoms with Gasteiger partial charge < -0.3 is 10.1 Å². The molecule has 1 aromatic carbocycles. The molecular formula is C15H19F2NO2. The minimum Gasteiger partial charge on any atom is -0.465 e. The molecule has 0 bridgehead atoms. The van der Waals surface area contributed by atoms with Crippen molar-refractivity contribution in [3.05, 3.63) is 29.3 Å². The molecule has 2 rings (SSSR count). The number of nitrogens with one attached hydrogen (secondary N) is 1. The number of rotatable bonds is 3. The fraction of sp³-hybridized carbons (Fsp3) is 0.533. The molecule has 1 aromatic rings. The first-order chi connectivity index (χ1) is 9.63. The Hall–Kier alpha value is -1.65. The van der Waals surface area contributed by atoms with Crippen molar-refractivity contribution in [1.29, 1.82) is 0 Å². The number of anilines is 1. The maximum Gasteiger partial charge on any atom is 0.340 e.